The number of benzene rings is 2. The zero-order valence-corrected chi connectivity index (χ0v) is 17.8. The molecule has 4 nitrogen and oxygen atoms in total. The number of hydrogen-bond acceptors (Lipinski definition) is 3. The quantitative estimate of drug-likeness (QED) is 0.598. The number of ether oxygens (including phenoxy) is 1. The van der Waals surface area contributed by atoms with Gasteiger partial charge in [0, 0.05) is 23.1 Å². The van der Waals surface area contributed by atoms with Crippen molar-refractivity contribution < 1.29 is 14.3 Å². The van der Waals surface area contributed by atoms with Crippen LogP contribution in [0.5, 0.6) is 0 Å². The van der Waals surface area contributed by atoms with E-state index >= 15 is 0 Å². The molecule has 0 N–H and O–H groups in total. The molecule has 2 aromatic rings. The van der Waals surface area contributed by atoms with Gasteiger partial charge in [0.25, 0.3) is 0 Å². The van der Waals surface area contributed by atoms with E-state index in [4.69, 9.17) is 16.3 Å². The lowest BCUT2D eigenvalue weighted by atomic mass is 9.82. The summed E-state index contributed by atoms with van der Waals surface area (Å²) < 4.78 is 5.38. The number of nitrogens with zero attached hydrogens (tertiary/aromatic N) is 1. The first kappa shape index (κ1) is 21.1. The molecule has 1 heterocycles. The summed E-state index contributed by atoms with van der Waals surface area (Å²) in [5.74, 6) is -0.721. The number of amides is 1. The predicted octanol–water partition coefficient (Wildman–Crippen LogP) is 5.39. The summed E-state index contributed by atoms with van der Waals surface area (Å²) in [7, 11) is 0. The molecule has 0 radical (unpaired) electrons. The van der Waals surface area contributed by atoms with Crippen molar-refractivity contribution in [2.24, 2.45) is 0 Å². The molecular weight excluding hydrogens is 386 g/mol. The van der Waals surface area contributed by atoms with Crippen LogP contribution in [0.3, 0.4) is 0 Å². The molecule has 1 amide bonds. The van der Waals surface area contributed by atoms with Crippen molar-refractivity contribution in [2.45, 2.75) is 46.1 Å². The van der Waals surface area contributed by atoms with Gasteiger partial charge in [0.1, 0.15) is 0 Å². The Bertz CT molecular complexity index is 951. The van der Waals surface area contributed by atoms with Crippen LogP contribution in [-0.2, 0) is 20.9 Å². The third kappa shape index (κ3) is 4.70. The minimum absolute atomic E-state index is 0.00128. The Kier molecular flexibility index (Phi) is 6.75. The second kappa shape index (κ2) is 9.27. The van der Waals surface area contributed by atoms with Crippen LogP contribution < -0.4 is 0 Å². The van der Waals surface area contributed by atoms with E-state index in [-0.39, 0.29) is 30.8 Å². The summed E-state index contributed by atoms with van der Waals surface area (Å²) in [6.07, 6.45) is 0.770. The van der Waals surface area contributed by atoms with E-state index in [1.54, 1.807) is 17.9 Å². The summed E-state index contributed by atoms with van der Waals surface area (Å²) in [4.78, 5) is 27.8. The number of allylic oxidation sites excluding steroid dienone is 1. The molecule has 0 bridgehead atoms. The molecule has 1 unspecified atom stereocenters. The zero-order valence-electron chi connectivity index (χ0n) is 17.1. The van der Waals surface area contributed by atoms with E-state index in [0.29, 0.717) is 23.6 Å². The van der Waals surface area contributed by atoms with Gasteiger partial charge < -0.3 is 9.64 Å². The van der Waals surface area contributed by atoms with Crippen LogP contribution in [0.4, 0.5) is 0 Å². The van der Waals surface area contributed by atoms with Crippen LogP contribution >= 0.6 is 11.6 Å². The van der Waals surface area contributed by atoms with Crippen LogP contribution in [0.1, 0.15) is 49.3 Å². The zero-order chi connectivity index (χ0) is 21.0. The molecule has 0 aliphatic carbocycles. The Morgan fingerprint density at radius 2 is 1.93 bits per heavy atom. The highest BCUT2D eigenvalue weighted by Crippen LogP contribution is 2.39. The molecule has 1 aliphatic heterocycles. The van der Waals surface area contributed by atoms with E-state index in [2.05, 4.69) is 6.07 Å². The number of hydrogen-bond donors (Lipinski definition) is 0. The number of halogens is 1. The standard InChI is InChI=1S/C24H26ClNO3/c1-4-21-23(24(28)29-5-2)20(18-10-7-11-19(25)13-18)14-22(27)26(21)15-17-9-6-8-16(3)12-17/h6-13,20H,4-5,14-15H2,1-3H3. The molecule has 2 aromatic carbocycles. The maximum atomic E-state index is 13.2. The first-order valence-electron chi connectivity index (χ1n) is 9.96. The molecule has 152 valence electrons. The van der Waals surface area contributed by atoms with Gasteiger partial charge in [-0.3, -0.25) is 4.79 Å². The Hall–Kier alpha value is -2.59. The van der Waals surface area contributed by atoms with Gasteiger partial charge in [0.2, 0.25) is 5.91 Å². The monoisotopic (exact) mass is 411 g/mol. The van der Waals surface area contributed by atoms with Crippen molar-refractivity contribution in [2.75, 3.05) is 6.61 Å². The van der Waals surface area contributed by atoms with E-state index < -0.39 is 0 Å². The number of esters is 1. The van der Waals surface area contributed by atoms with E-state index in [0.717, 1.165) is 22.4 Å². The molecule has 0 fully saturated rings. The summed E-state index contributed by atoms with van der Waals surface area (Å²) >= 11 is 6.18. The fourth-order valence-electron chi connectivity index (χ4n) is 3.92. The summed E-state index contributed by atoms with van der Waals surface area (Å²) in [6, 6.07) is 15.4. The lowest BCUT2D eigenvalue weighted by Crippen LogP contribution is -2.38. The van der Waals surface area contributed by atoms with E-state index in [1.807, 2.05) is 50.2 Å². The van der Waals surface area contributed by atoms with Crippen molar-refractivity contribution in [3.8, 4) is 0 Å². The minimum Gasteiger partial charge on any atom is -0.463 e. The lowest BCUT2D eigenvalue weighted by molar-refractivity contribution is -0.140. The second-order valence-electron chi connectivity index (χ2n) is 7.22. The van der Waals surface area contributed by atoms with Gasteiger partial charge >= 0.3 is 5.97 Å². The molecule has 0 saturated carbocycles. The molecule has 29 heavy (non-hydrogen) atoms. The fraction of sp³-hybridized carbons (Fsp3) is 0.333. The van der Waals surface area contributed by atoms with Gasteiger partial charge in [-0.25, -0.2) is 4.79 Å². The predicted molar refractivity (Wildman–Crippen MR) is 114 cm³/mol. The van der Waals surface area contributed by atoms with Gasteiger partial charge in [0.05, 0.1) is 18.7 Å². The number of carbonyl (C=O) groups excluding carboxylic acids is 2. The molecule has 0 saturated heterocycles. The van der Waals surface area contributed by atoms with E-state index in [9.17, 15) is 9.59 Å². The van der Waals surface area contributed by atoms with Crippen LogP contribution in [0.15, 0.2) is 59.8 Å². The average molecular weight is 412 g/mol. The Morgan fingerprint density at radius 1 is 1.17 bits per heavy atom. The summed E-state index contributed by atoms with van der Waals surface area (Å²) in [6.45, 7) is 6.50. The third-order valence-corrected chi connectivity index (χ3v) is 5.40. The Labute approximate surface area is 177 Å². The normalized spacial score (nSPS) is 16.9. The van der Waals surface area contributed by atoms with Crippen molar-refractivity contribution in [3.05, 3.63) is 81.5 Å². The molecule has 0 aromatic heterocycles. The smallest absolute Gasteiger partial charge is 0.336 e. The van der Waals surface area contributed by atoms with Crippen LogP contribution in [0, 0.1) is 6.92 Å². The van der Waals surface area contributed by atoms with Gasteiger partial charge in [-0.2, -0.15) is 0 Å². The maximum absolute atomic E-state index is 13.2. The van der Waals surface area contributed by atoms with Crippen molar-refractivity contribution >= 4 is 23.5 Å². The highest BCUT2D eigenvalue weighted by atomic mass is 35.5. The minimum atomic E-state index is -0.365. The van der Waals surface area contributed by atoms with Crippen molar-refractivity contribution in [3.63, 3.8) is 0 Å². The van der Waals surface area contributed by atoms with Gasteiger partial charge in [-0.05, 0) is 43.5 Å². The highest BCUT2D eigenvalue weighted by Gasteiger charge is 2.37. The lowest BCUT2D eigenvalue weighted by Gasteiger charge is -2.35. The Balaban J connectivity index is 2.09. The highest BCUT2D eigenvalue weighted by molar-refractivity contribution is 6.30. The van der Waals surface area contributed by atoms with Gasteiger partial charge in [0.15, 0.2) is 0 Å². The molecule has 5 heteroatoms. The average Bonchev–Trinajstić information content (AvgIpc) is 2.69. The molecule has 0 spiro atoms. The number of rotatable bonds is 6. The van der Waals surface area contributed by atoms with Crippen molar-refractivity contribution in [1.82, 2.24) is 4.90 Å². The van der Waals surface area contributed by atoms with Crippen LogP contribution in [-0.4, -0.2) is 23.4 Å². The topological polar surface area (TPSA) is 46.6 Å². The molecule has 1 aliphatic rings. The van der Waals surface area contributed by atoms with Crippen LogP contribution in [0.2, 0.25) is 5.02 Å². The number of aryl methyl sites for hydroxylation is 1. The maximum Gasteiger partial charge on any atom is 0.336 e. The molecule has 1 atom stereocenters. The van der Waals surface area contributed by atoms with Gasteiger partial charge in [-0.1, -0.05) is 60.5 Å². The Morgan fingerprint density at radius 3 is 2.59 bits per heavy atom. The fourth-order valence-corrected chi connectivity index (χ4v) is 4.12. The molecular formula is C24H26ClNO3. The first-order chi connectivity index (χ1) is 13.9. The van der Waals surface area contributed by atoms with Crippen LogP contribution in [0.25, 0.3) is 0 Å². The second-order valence-corrected chi connectivity index (χ2v) is 7.65. The first-order valence-corrected chi connectivity index (χ1v) is 10.3. The van der Waals surface area contributed by atoms with Crippen molar-refractivity contribution in [1.29, 1.82) is 0 Å². The summed E-state index contributed by atoms with van der Waals surface area (Å²) in [5.41, 5.74) is 4.32. The molecule has 3 rings (SSSR count). The summed E-state index contributed by atoms with van der Waals surface area (Å²) in [5, 5.41) is 0.582. The van der Waals surface area contributed by atoms with Gasteiger partial charge in [-0.15, -0.1) is 0 Å². The number of carbonyl (C=O) groups is 2. The largest absolute Gasteiger partial charge is 0.463 e. The third-order valence-electron chi connectivity index (χ3n) is 5.17. The SMILES string of the molecule is CCOC(=O)C1=C(CC)N(Cc2cccc(C)c2)C(=O)CC1c1cccc(Cl)c1. The van der Waals surface area contributed by atoms with E-state index in [1.165, 1.54) is 0 Å².